The third kappa shape index (κ3) is 1.84. The van der Waals surface area contributed by atoms with Crippen molar-refractivity contribution >= 4 is 16.6 Å². The number of nitrogens with two attached hydrogens (primary N) is 1. The van der Waals surface area contributed by atoms with Gasteiger partial charge in [0.05, 0.1) is 5.84 Å². The van der Waals surface area contributed by atoms with E-state index in [2.05, 4.69) is 31.2 Å². The van der Waals surface area contributed by atoms with E-state index in [0.29, 0.717) is 6.42 Å². The summed E-state index contributed by atoms with van der Waals surface area (Å²) in [7, 11) is 0. The Bertz CT molecular complexity index is 515. The predicted molar refractivity (Wildman–Crippen MR) is 64.3 cm³/mol. The van der Waals surface area contributed by atoms with Gasteiger partial charge in [0.1, 0.15) is 0 Å². The zero-order chi connectivity index (χ0) is 10.8. The Labute approximate surface area is 89.2 Å². The van der Waals surface area contributed by atoms with Crippen molar-refractivity contribution in [3.63, 3.8) is 0 Å². The maximum Gasteiger partial charge on any atom is 0.0950 e. The van der Waals surface area contributed by atoms with Gasteiger partial charge in [-0.1, -0.05) is 36.4 Å². The van der Waals surface area contributed by atoms with E-state index in [0.717, 1.165) is 5.56 Å². The lowest BCUT2D eigenvalue weighted by molar-refractivity contribution is 1.26. The Kier molecular flexibility index (Phi) is 2.42. The lowest BCUT2D eigenvalue weighted by Crippen LogP contribution is -2.12. The minimum Gasteiger partial charge on any atom is -0.387 e. The highest BCUT2D eigenvalue weighted by Gasteiger charge is 2.03. The summed E-state index contributed by atoms with van der Waals surface area (Å²) in [4.78, 5) is 0. The molecule has 15 heavy (non-hydrogen) atoms. The number of rotatable bonds is 2. The number of hydrogen-bond donors (Lipinski definition) is 2. The van der Waals surface area contributed by atoms with Gasteiger partial charge in [-0.2, -0.15) is 0 Å². The first-order chi connectivity index (χ1) is 7.18. The average molecular weight is 198 g/mol. The minimum atomic E-state index is 0.212. The molecule has 0 saturated heterocycles. The second-order valence-electron chi connectivity index (χ2n) is 3.79. The van der Waals surface area contributed by atoms with Crippen LogP contribution in [0.15, 0.2) is 36.4 Å². The fourth-order valence-electron chi connectivity index (χ4n) is 1.87. The number of hydrogen-bond acceptors (Lipinski definition) is 1. The van der Waals surface area contributed by atoms with Crippen LogP contribution in [0.4, 0.5) is 0 Å². The third-order valence-electron chi connectivity index (χ3n) is 2.61. The summed E-state index contributed by atoms with van der Waals surface area (Å²) >= 11 is 0. The standard InChI is InChI=1S/C13H14N2/c1-9-6-7-10(8-13(14)15)12-5-3-2-4-11(9)12/h2-7H,8H2,1H3,(H3,14,15). The van der Waals surface area contributed by atoms with Crippen molar-refractivity contribution in [2.75, 3.05) is 0 Å². The van der Waals surface area contributed by atoms with E-state index < -0.39 is 0 Å². The van der Waals surface area contributed by atoms with Gasteiger partial charge in [-0.25, -0.2) is 0 Å². The van der Waals surface area contributed by atoms with Gasteiger partial charge in [-0.15, -0.1) is 0 Å². The maximum atomic E-state index is 7.34. The van der Waals surface area contributed by atoms with Crippen LogP contribution in [0, 0.1) is 12.3 Å². The second kappa shape index (κ2) is 3.73. The van der Waals surface area contributed by atoms with E-state index in [4.69, 9.17) is 11.1 Å². The number of aryl methyl sites for hydroxylation is 1. The van der Waals surface area contributed by atoms with E-state index in [-0.39, 0.29) is 5.84 Å². The van der Waals surface area contributed by atoms with Gasteiger partial charge in [0, 0.05) is 6.42 Å². The van der Waals surface area contributed by atoms with Gasteiger partial charge in [0.25, 0.3) is 0 Å². The summed E-state index contributed by atoms with van der Waals surface area (Å²) < 4.78 is 0. The molecule has 0 heterocycles. The first kappa shape index (κ1) is 9.71. The van der Waals surface area contributed by atoms with E-state index in [9.17, 15) is 0 Å². The summed E-state index contributed by atoms with van der Waals surface area (Å²) in [5.41, 5.74) is 7.83. The minimum absolute atomic E-state index is 0.212. The summed E-state index contributed by atoms with van der Waals surface area (Å²) in [5.74, 6) is 0.212. The zero-order valence-corrected chi connectivity index (χ0v) is 8.75. The summed E-state index contributed by atoms with van der Waals surface area (Å²) in [6.07, 6.45) is 0.529. The third-order valence-corrected chi connectivity index (χ3v) is 2.61. The highest BCUT2D eigenvalue weighted by atomic mass is 14.7. The van der Waals surface area contributed by atoms with Gasteiger partial charge >= 0.3 is 0 Å². The van der Waals surface area contributed by atoms with Crippen LogP contribution in [-0.2, 0) is 6.42 Å². The summed E-state index contributed by atoms with van der Waals surface area (Å²) in [5, 5.41) is 9.79. The van der Waals surface area contributed by atoms with Gasteiger partial charge in [0.2, 0.25) is 0 Å². The Hall–Kier alpha value is -1.83. The van der Waals surface area contributed by atoms with Gasteiger partial charge in [0.15, 0.2) is 0 Å². The van der Waals surface area contributed by atoms with E-state index in [1.807, 2.05) is 12.1 Å². The molecule has 0 fully saturated rings. The van der Waals surface area contributed by atoms with Crippen molar-refractivity contribution in [2.24, 2.45) is 5.73 Å². The Morgan fingerprint density at radius 3 is 2.47 bits per heavy atom. The fraction of sp³-hybridized carbons (Fsp3) is 0.154. The molecular formula is C13H14N2. The molecule has 3 N–H and O–H groups in total. The quantitative estimate of drug-likeness (QED) is 0.565. The molecule has 2 aromatic carbocycles. The first-order valence-corrected chi connectivity index (χ1v) is 4.98. The van der Waals surface area contributed by atoms with Crippen molar-refractivity contribution < 1.29 is 0 Å². The monoisotopic (exact) mass is 198 g/mol. The number of amidine groups is 1. The fourth-order valence-corrected chi connectivity index (χ4v) is 1.87. The van der Waals surface area contributed by atoms with Crippen molar-refractivity contribution in [1.82, 2.24) is 0 Å². The molecule has 2 heteroatoms. The Morgan fingerprint density at radius 1 is 1.13 bits per heavy atom. The SMILES string of the molecule is Cc1ccc(CC(=N)N)c2ccccc12. The molecule has 2 rings (SSSR count). The van der Waals surface area contributed by atoms with Crippen LogP contribution < -0.4 is 5.73 Å². The molecule has 0 atom stereocenters. The molecule has 0 amide bonds. The Morgan fingerprint density at radius 2 is 1.80 bits per heavy atom. The van der Waals surface area contributed by atoms with Crippen LogP contribution in [0.1, 0.15) is 11.1 Å². The number of benzene rings is 2. The summed E-state index contributed by atoms with van der Waals surface area (Å²) in [6, 6.07) is 12.4. The lowest BCUT2D eigenvalue weighted by Gasteiger charge is -2.07. The van der Waals surface area contributed by atoms with Crippen LogP contribution in [0.3, 0.4) is 0 Å². The molecule has 0 unspecified atom stereocenters. The Balaban J connectivity index is 2.66. The number of nitrogens with one attached hydrogen (secondary N) is 1. The van der Waals surface area contributed by atoms with E-state index >= 15 is 0 Å². The molecule has 0 spiro atoms. The molecule has 0 radical (unpaired) electrons. The molecule has 2 nitrogen and oxygen atoms in total. The van der Waals surface area contributed by atoms with Crippen LogP contribution in [-0.4, -0.2) is 5.84 Å². The van der Waals surface area contributed by atoms with Gasteiger partial charge in [-0.05, 0) is 28.8 Å². The predicted octanol–water partition coefficient (Wildman–Crippen LogP) is 2.63. The lowest BCUT2D eigenvalue weighted by atomic mass is 9.98. The second-order valence-corrected chi connectivity index (χ2v) is 3.79. The van der Waals surface area contributed by atoms with Crippen LogP contribution in [0.5, 0.6) is 0 Å². The molecule has 0 aliphatic rings. The van der Waals surface area contributed by atoms with Crippen molar-refractivity contribution in [2.45, 2.75) is 13.3 Å². The zero-order valence-electron chi connectivity index (χ0n) is 8.75. The highest BCUT2D eigenvalue weighted by molar-refractivity contribution is 5.92. The maximum absolute atomic E-state index is 7.34. The van der Waals surface area contributed by atoms with Crippen molar-refractivity contribution in [1.29, 1.82) is 5.41 Å². The van der Waals surface area contributed by atoms with Crippen LogP contribution >= 0.6 is 0 Å². The van der Waals surface area contributed by atoms with Gasteiger partial charge in [-0.3, -0.25) is 5.41 Å². The summed E-state index contributed by atoms with van der Waals surface area (Å²) in [6.45, 7) is 2.10. The molecule has 0 saturated carbocycles. The normalized spacial score (nSPS) is 10.5. The molecule has 76 valence electrons. The van der Waals surface area contributed by atoms with E-state index in [1.165, 1.54) is 16.3 Å². The van der Waals surface area contributed by atoms with E-state index in [1.54, 1.807) is 0 Å². The number of fused-ring (bicyclic) bond motifs is 1. The molecule has 0 aliphatic heterocycles. The first-order valence-electron chi connectivity index (χ1n) is 4.98. The molecule has 0 aromatic heterocycles. The average Bonchev–Trinajstić information content (AvgIpc) is 2.22. The smallest absolute Gasteiger partial charge is 0.0950 e. The van der Waals surface area contributed by atoms with Crippen molar-refractivity contribution in [3.05, 3.63) is 47.5 Å². The van der Waals surface area contributed by atoms with Crippen molar-refractivity contribution in [3.8, 4) is 0 Å². The molecule has 2 aromatic rings. The molecule has 0 aliphatic carbocycles. The largest absolute Gasteiger partial charge is 0.387 e. The van der Waals surface area contributed by atoms with Crippen LogP contribution in [0.2, 0.25) is 0 Å². The topological polar surface area (TPSA) is 49.9 Å². The van der Waals surface area contributed by atoms with Gasteiger partial charge < -0.3 is 5.73 Å². The van der Waals surface area contributed by atoms with Crippen LogP contribution in [0.25, 0.3) is 10.8 Å². The molecular weight excluding hydrogens is 184 g/mol. The highest BCUT2D eigenvalue weighted by Crippen LogP contribution is 2.22. The molecule has 0 bridgehead atoms.